The number of benzene rings is 1. The van der Waals surface area contributed by atoms with E-state index < -0.39 is 0 Å². The van der Waals surface area contributed by atoms with Gasteiger partial charge >= 0.3 is 0 Å². The highest BCUT2D eigenvalue weighted by molar-refractivity contribution is 7.98. The van der Waals surface area contributed by atoms with Crippen LogP contribution >= 0.6 is 11.8 Å². The molecule has 0 spiro atoms. The van der Waals surface area contributed by atoms with Crippen molar-refractivity contribution in [3.8, 4) is 23.1 Å². The van der Waals surface area contributed by atoms with E-state index in [1.165, 1.54) is 0 Å². The topological polar surface area (TPSA) is 61.8 Å². The van der Waals surface area contributed by atoms with Crippen LogP contribution in [-0.2, 0) is 0 Å². The minimum Gasteiger partial charge on any atom is -0.496 e. The first-order chi connectivity index (χ1) is 12.8. The summed E-state index contributed by atoms with van der Waals surface area (Å²) in [4.78, 5) is 4.41. The van der Waals surface area contributed by atoms with Crippen molar-refractivity contribution in [1.29, 1.82) is 0 Å². The number of aromatic nitrogens is 3. The zero-order valence-corrected chi connectivity index (χ0v) is 15.5. The van der Waals surface area contributed by atoms with Crippen LogP contribution in [0.2, 0.25) is 0 Å². The summed E-state index contributed by atoms with van der Waals surface area (Å²) in [6, 6.07) is 11.4. The lowest BCUT2D eigenvalue weighted by molar-refractivity contribution is 0.302. The fraction of sp³-hybridized carbons (Fsp3) is 0.263. The predicted molar refractivity (Wildman–Crippen MR) is 103 cm³/mol. The van der Waals surface area contributed by atoms with E-state index in [4.69, 9.17) is 13.9 Å². The van der Waals surface area contributed by atoms with Crippen LogP contribution in [0, 0.1) is 0 Å². The predicted octanol–water partition coefficient (Wildman–Crippen LogP) is 4.28. The van der Waals surface area contributed by atoms with Crippen LogP contribution < -0.4 is 9.47 Å². The van der Waals surface area contributed by atoms with Crippen LogP contribution in [0.5, 0.6) is 11.6 Å². The van der Waals surface area contributed by atoms with E-state index in [0.717, 1.165) is 40.2 Å². The van der Waals surface area contributed by atoms with E-state index in [9.17, 15) is 0 Å². The Morgan fingerprint density at radius 2 is 2.15 bits per heavy atom. The van der Waals surface area contributed by atoms with Crippen molar-refractivity contribution >= 4 is 28.4 Å². The van der Waals surface area contributed by atoms with Crippen molar-refractivity contribution in [2.45, 2.75) is 6.42 Å². The van der Waals surface area contributed by atoms with Gasteiger partial charge in [0, 0.05) is 6.07 Å². The number of methoxy groups -OCH3 is 1. The van der Waals surface area contributed by atoms with E-state index in [2.05, 4.69) is 16.3 Å². The Kier molecular flexibility index (Phi) is 4.71. The minimum absolute atomic E-state index is 0.576. The van der Waals surface area contributed by atoms with Crippen LogP contribution in [0.3, 0.4) is 0 Å². The van der Waals surface area contributed by atoms with Gasteiger partial charge in [-0.1, -0.05) is 6.07 Å². The molecule has 0 amide bonds. The van der Waals surface area contributed by atoms with Crippen LogP contribution in [0.15, 0.2) is 47.0 Å². The molecule has 7 heteroatoms. The molecule has 4 rings (SSSR count). The molecular weight excluding hydrogens is 350 g/mol. The van der Waals surface area contributed by atoms with E-state index in [-0.39, 0.29) is 0 Å². The highest BCUT2D eigenvalue weighted by Crippen LogP contribution is 2.33. The fourth-order valence-corrected chi connectivity index (χ4v) is 3.23. The molecule has 0 aliphatic heterocycles. The maximum atomic E-state index is 5.99. The van der Waals surface area contributed by atoms with Gasteiger partial charge < -0.3 is 13.9 Å². The zero-order chi connectivity index (χ0) is 17.9. The lowest BCUT2D eigenvalue weighted by atomic mass is 10.2. The molecule has 0 atom stereocenters. The van der Waals surface area contributed by atoms with Gasteiger partial charge in [0.25, 0.3) is 0 Å². The molecule has 0 bridgehead atoms. The van der Waals surface area contributed by atoms with Crippen molar-refractivity contribution in [3.05, 3.63) is 42.6 Å². The van der Waals surface area contributed by atoms with Gasteiger partial charge in [-0.15, -0.1) is 5.10 Å². The number of fused-ring (bicyclic) bond motifs is 2. The quantitative estimate of drug-likeness (QED) is 0.453. The second-order valence-electron chi connectivity index (χ2n) is 5.76. The molecule has 0 saturated carbocycles. The van der Waals surface area contributed by atoms with Crippen LogP contribution in [0.4, 0.5) is 0 Å². The molecule has 0 fully saturated rings. The maximum absolute atomic E-state index is 5.99. The zero-order valence-electron chi connectivity index (χ0n) is 14.6. The summed E-state index contributed by atoms with van der Waals surface area (Å²) >= 11 is 1.81. The van der Waals surface area contributed by atoms with Crippen molar-refractivity contribution in [2.75, 3.05) is 25.7 Å². The van der Waals surface area contributed by atoms with Crippen LogP contribution in [-0.4, -0.2) is 40.3 Å². The Morgan fingerprint density at radius 1 is 1.23 bits per heavy atom. The van der Waals surface area contributed by atoms with E-state index >= 15 is 0 Å². The third kappa shape index (κ3) is 3.10. The summed E-state index contributed by atoms with van der Waals surface area (Å²) < 4.78 is 18.9. The summed E-state index contributed by atoms with van der Waals surface area (Å²) in [5, 5.41) is 5.48. The average Bonchev–Trinajstić information content (AvgIpc) is 3.28. The largest absolute Gasteiger partial charge is 0.496 e. The van der Waals surface area contributed by atoms with E-state index in [0.29, 0.717) is 18.2 Å². The van der Waals surface area contributed by atoms with Gasteiger partial charge in [-0.3, -0.25) is 0 Å². The van der Waals surface area contributed by atoms with Gasteiger partial charge in [0.1, 0.15) is 17.0 Å². The molecule has 0 aliphatic rings. The first-order valence-corrected chi connectivity index (χ1v) is 9.73. The molecule has 0 aliphatic carbocycles. The second-order valence-corrected chi connectivity index (χ2v) is 6.75. The van der Waals surface area contributed by atoms with Gasteiger partial charge in [0.2, 0.25) is 5.88 Å². The van der Waals surface area contributed by atoms with Crippen molar-refractivity contribution in [1.82, 2.24) is 14.6 Å². The lowest BCUT2D eigenvalue weighted by Crippen LogP contribution is -2.03. The summed E-state index contributed by atoms with van der Waals surface area (Å²) in [5.74, 6) is 3.10. The van der Waals surface area contributed by atoms with E-state index in [1.54, 1.807) is 17.8 Å². The third-order valence-corrected chi connectivity index (χ3v) is 4.77. The molecule has 3 aromatic heterocycles. The number of rotatable bonds is 7. The second kappa shape index (κ2) is 7.29. The normalized spacial score (nSPS) is 11.3. The fourth-order valence-electron chi connectivity index (χ4n) is 2.82. The third-order valence-electron chi connectivity index (χ3n) is 4.07. The van der Waals surface area contributed by atoms with Gasteiger partial charge in [0.05, 0.1) is 25.3 Å². The van der Waals surface area contributed by atoms with E-state index in [1.807, 2.05) is 48.2 Å². The molecule has 1 aromatic carbocycles. The Hall–Kier alpha value is -2.67. The number of hydrogen-bond donors (Lipinski definition) is 0. The average molecular weight is 369 g/mol. The summed E-state index contributed by atoms with van der Waals surface area (Å²) in [6.45, 7) is 0.644. The molecular formula is C19H19N3O3S. The number of furan rings is 1. The number of ether oxygens (including phenoxy) is 2. The highest BCUT2D eigenvalue weighted by atomic mass is 32.2. The molecule has 134 valence electrons. The number of hydrogen-bond acceptors (Lipinski definition) is 6. The number of nitrogens with zero attached hydrogens (tertiary/aromatic N) is 3. The summed E-state index contributed by atoms with van der Waals surface area (Å²) in [5.41, 5.74) is 2.27. The van der Waals surface area contributed by atoms with Crippen molar-refractivity contribution in [3.63, 3.8) is 0 Å². The molecule has 3 heterocycles. The Bertz CT molecular complexity index is 1040. The number of imidazole rings is 1. The van der Waals surface area contributed by atoms with Crippen LogP contribution in [0.25, 0.3) is 28.1 Å². The Morgan fingerprint density at radius 3 is 3.00 bits per heavy atom. The monoisotopic (exact) mass is 369 g/mol. The van der Waals surface area contributed by atoms with Gasteiger partial charge in [-0.25, -0.2) is 9.50 Å². The van der Waals surface area contributed by atoms with Crippen LogP contribution in [0.1, 0.15) is 6.42 Å². The smallest absolute Gasteiger partial charge is 0.231 e. The molecule has 0 radical (unpaired) electrons. The molecule has 0 N–H and O–H groups in total. The molecule has 26 heavy (non-hydrogen) atoms. The standard InChI is InChI=1S/C19H19N3O3S/c1-23-15-5-3-6-16-13(15)11-17(25-16)14-12-20-18-7-8-19(21-22(14)18)24-9-4-10-26-2/h3,5-8,11-12H,4,9-10H2,1-2H3. The van der Waals surface area contributed by atoms with Crippen molar-refractivity contribution in [2.24, 2.45) is 0 Å². The lowest BCUT2D eigenvalue weighted by Gasteiger charge is -2.05. The molecule has 0 unspecified atom stereocenters. The maximum Gasteiger partial charge on any atom is 0.231 e. The van der Waals surface area contributed by atoms with Gasteiger partial charge in [-0.2, -0.15) is 11.8 Å². The number of thioether (sulfide) groups is 1. The Balaban J connectivity index is 1.70. The molecule has 4 aromatic rings. The first-order valence-electron chi connectivity index (χ1n) is 8.33. The van der Waals surface area contributed by atoms with Crippen molar-refractivity contribution < 1.29 is 13.9 Å². The molecule has 0 saturated heterocycles. The molecule has 6 nitrogen and oxygen atoms in total. The van der Waals surface area contributed by atoms with Gasteiger partial charge in [-0.05, 0) is 42.7 Å². The summed E-state index contributed by atoms with van der Waals surface area (Å²) in [7, 11) is 1.65. The highest BCUT2D eigenvalue weighted by Gasteiger charge is 2.15. The summed E-state index contributed by atoms with van der Waals surface area (Å²) in [6.07, 6.45) is 4.83. The first kappa shape index (κ1) is 16.8. The minimum atomic E-state index is 0.576. The Labute approximate surface area is 155 Å². The van der Waals surface area contributed by atoms with Gasteiger partial charge in [0.15, 0.2) is 11.4 Å². The SMILES string of the molecule is COc1cccc2oc(-c3cnc4ccc(OCCCSC)nn34)cc12.